The fraction of sp³-hybridized carbons (Fsp3) is 0.0769. The number of hydrogen-bond donors (Lipinski definition) is 1. The highest BCUT2D eigenvalue weighted by Gasteiger charge is 2.13. The van der Waals surface area contributed by atoms with Gasteiger partial charge >= 0.3 is 0 Å². The fourth-order valence-corrected chi connectivity index (χ4v) is 2.14. The van der Waals surface area contributed by atoms with Gasteiger partial charge in [0.05, 0.1) is 28.6 Å². The summed E-state index contributed by atoms with van der Waals surface area (Å²) in [7, 11) is 0. The average Bonchev–Trinajstić information content (AvgIpc) is 2.76. The van der Waals surface area contributed by atoms with Crippen molar-refractivity contribution in [3.63, 3.8) is 0 Å². The Morgan fingerprint density at radius 2 is 2.11 bits per heavy atom. The van der Waals surface area contributed by atoms with Crippen LogP contribution in [0, 0.1) is 0 Å². The molecule has 0 aliphatic heterocycles. The van der Waals surface area contributed by atoms with Crippen molar-refractivity contribution in [2.75, 3.05) is 0 Å². The first kappa shape index (κ1) is 11.7. The Labute approximate surface area is 115 Å². The van der Waals surface area contributed by atoms with Crippen LogP contribution in [-0.2, 0) is 6.42 Å². The summed E-state index contributed by atoms with van der Waals surface area (Å²) in [5, 5.41) is 0. The molecule has 2 heterocycles. The van der Waals surface area contributed by atoms with Crippen LogP contribution in [-0.4, -0.2) is 24.5 Å². The number of fused-ring (bicyclic) bond motifs is 1. The van der Waals surface area contributed by atoms with Crippen LogP contribution in [0.2, 0.25) is 0 Å². The molecule has 0 atom stereocenters. The Morgan fingerprint density at radius 1 is 1.26 bits per heavy atom. The van der Waals surface area contributed by atoms with E-state index < -0.39 is 0 Å². The van der Waals surface area contributed by atoms with E-state index >= 15 is 0 Å². The third-order valence-corrected chi connectivity index (χ3v) is 2.89. The van der Waals surface area contributed by atoms with E-state index in [9.17, 15) is 0 Å². The maximum Gasteiger partial charge on any atom is 0.157 e. The second kappa shape index (κ2) is 4.74. The first-order chi connectivity index (χ1) is 9.25. The molecule has 0 amide bonds. The summed E-state index contributed by atoms with van der Waals surface area (Å²) >= 11 is 4.98. The van der Waals surface area contributed by atoms with Gasteiger partial charge in [0.25, 0.3) is 0 Å². The topological polar surface area (TPSA) is 69.6 Å². The van der Waals surface area contributed by atoms with Crippen LogP contribution >= 0.6 is 12.2 Å². The molecule has 3 rings (SSSR count). The zero-order valence-electron chi connectivity index (χ0n) is 10.0. The van der Waals surface area contributed by atoms with Crippen LogP contribution in [0.4, 0.5) is 0 Å². The molecule has 0 saturated heterocycles. The van der Waals surface area contributed by atoms with Gasteiger partial charge in [-0.05, 0) is 12.1 Å². The Balaban J connectivity index is 2.27. The predicted octanol–water partition coefficient (Wildman–Crippen LogP) is 1.64. The molecule has 94 valence electrons. The van der Waals surface area contributed by atoms with Gasteiger partial charge in [0, 0.05) is 12.4 Å². The second-order valence-corrected chi connectivity index (χ2v) is 4.58. The quantitative estimate of drug-likeness (QED) is 0.732. The van der Waals surface area contributed by atoms with Gasteiger partial charge in [0.15, 0.2) is 5.82 Å². The lowest BCUT2D eigenvalue weighted by atomic mass is 10.3. The zero-order valence-corrected chi connectivity index (χ0v) is 10.8. The Hall–Kier alpha value is -2.34. The van der Waals surface area contributed by atoms with E-state index in [1.165, 1.54) is 0 Å². The van der Waals surface area contributed by atoms with Crippen LogP contribution in [0.3, 0.4) is 0 Å². The number of nitrogens with two attached hydrogens (primary N) is 1. The minimum Gasteiger partial charge on any atom is -0.393 e. The number of benzene rings is 1. The number of aromatic nitrogens is 4. The van der Waals surface area contributed by atoms with Crippen LogP contribution in [0.5, 0.6) is 0 Å². The van der Waals surface area contributed by atoms with Crippen LogP contribution < -0.4 is 5.73 Å². The number of imidazole rings is 1. The Kier molecular flexibility index (Phi) is 2.92. The third kappa shape index (κ3) is 2.17. The van der Waals surface area contributed by atoms with Crippen molar-refractivity contribution in [2.45, 2.75) is 6.42 Å². The summed E-state index contributed by atoms with van der Waals surface area (Å²) < 4.78 is 1.93. The van der Waals surface area contributed by atoms with E-state index in [2.05, 4.69) is 15.0 Å². The Bertz CT molecular complexity index is 735. The SMILES string of the molecule is NC(=S)Cc1nc2ccccc2n1-c1cnccn1. The van der Waals surface area contributed by atoms with Crippen molar-refractivity contribution in [1.82, 2.24) is 19.5 Å². The molecule has 0 spiro atoms. The normalized spacial score (nSPS) is 10.7. The molecule has 0 aliphatic carbocycles. The number of hydrogen-bond acceptors (Lipinski definition) is 4. The van der Waals surface area contributed by atoms with Gasteiger partial charge in [0.1, 0.15) is 5.82 Å². The molecule has 0 unspecified atom stereocenters. The molecule has 2 N–H and O–H groups in total. The molecule has 2 aromatic heterocycles. The van der Waals surface area contributed by atoms with Gasteiger partial charge in [-0.15, -0.1) is 0 Å². The number of rotatable bonds is 3. The van der Waals surface area contributed by atoms with Crippen molar-refractivity contribution in [3.05, 3.63) is 48.7 Å². The minimum atomic E-state index is 0.403. The standard InChI is InChI=1S/C13H11N5S/c14-11(19)7-12-17-9-3-1-2-4-10(9)18(12)13-8-15-5-6-16-13/h1-6,8H,7H2,(H2,14,19). The minimum absolute atomic E-state index is 0.403. The first-order valence-electron chi connectivity index (χ1n) is 5.77. The third-order valence-electron chi connectivity index (χ3n) is 2.74. The number of para-hydroxylation sites is 2. The summed E-state index contributed by atoms with van der Waals surface area (Å²) in [5.41, 5.74) is 7.49. The summed E-state index contributed by atoms with van der Waals surface area (Å²) in [6.07, 6.45) is 5.41. The summed E-state index contributed by atoms with van der Waals surface area (Å²) in [6.45, 7) is 0. The molecule has 0 radical (unpaired) electrons. The zero-order chi connectivity index (χ0) is 13.2. The molecule has 6 heteroatoms. The van der Waals surface area contributed by atoms with Crippen LogP contribution in [0.15, 0.2) is 42.9 Å². The van der Waals surface area contributed by atoms with E-state index in [1.807, 2.05) is 28.8 Å². The highest BCUT2D eigenvalue weighted by Crippen LogP contribution is 2.20. The number of nitrogens with zero attached hydrogens (tertiary/aromatic N) is 4. The summed E-state index contributed by atoms with van der Waals surface area (Å²) in [4.78, 5) is 13.4. The van der Waals surface area contributed by atoms with E-state index in [0.717, 1.165) is 16.9 Å². The molecule has 19 heavy (non-hydrogen) atoms. The van der Waals surface area contributed by atoms with Crippen LogP contribution in [0.1, 0.15) is 5.82 Å². The molecule has 0 fully saturated rings. The fourth-order valence-electron chi connectivity index (χ4n) is 2.01. The maximum absolute atomic E-state index is 5.64. The molecular weight excluding hydrogens is 258 g/mol. The van der Waals surface area contributed by atoms with E-state index in [-0.39, 0.29) is 0 Å². The smallest absolute Gasteiger partial charge is 0.157 e. The summed E-state index contributed by atoms with van der Waals surface area (Å²) in [6, 6.07) is 7.84. The molecule has 0 saturated carbocycles. The van der Waals surface area contributed by atoms with Crippen molar-refractivity contribution >= 4 is 28.2 Å². The molecule has 0 bridgehead atoms. The van der Waals surface area contributed by atoms with Crippen molar-refractivity contribution < 1.29 is 0 Å². The molecule has 3 aromatic rings. The van der Waals surface area contributed by atoms with E-state index in [0.29, 0.717) is 17.2 Å². The first-order valence-corrected chi connectivity index (χ1v) is 6.17. The van der Waals surface area contributed by atoms with Crippen molar-refractivity contribution in [1.29, 1.82) is 0 Å². The largest absolute Gasteiger partial charge is 0.393 e. The van der Waals surface area contributed by atoms with Gasteiger partial charge in [0.2, 0.25) is 0 Å². The lowest BCUT2D eigenvalue weighted by Gasteiger charge is -2.06. The lowest BCUT2D eigenvalue weighted by Crippen LogP contribution is -2.15. The molecule has 0 aliphatic rings. The highest BCUT2D eigenvalue weighted by molar-refractivity contribution is 7.80. The molecule has 1 aromatic carbocycles. The van der Waals surface area contributed by atoms with E-state index in [1.54, 1.807) is 18.6 Å². The molecule has 5 nitrogen and oxygen atoms in total. The predicted molar refractivity (Wildman–Crippen MR) is 77.1 cm³/mol. The van der Waals surface area contributed by atoms with Gasteiger partial charge in [-0.1, -0.05) is 24.4 Å². The lowest BCUT2D eigenvalue weighted by molar-refractivity contribution is 0.919. The number of thiocarbonyl (C=S) groups is 1. The monoisotopic (exact) mass is 269 g/mol. The van der Waals surface area contributed by atoms with Gasteiger partial charge in [-0.3, -0.25) is 9.55 Å². The maximum atomic E-state index is 5.64. The second-order valence-electron chi connectivity index (χ2n) is 4.06. The average molecular weight is 269 g/mol. The molecular formula is C13H11N5S. The van der Waals surface area contributed by atoms with Crippen molar-refractivity contribution in [3.8, 4) is 5.82 Å². The van der Waals surface area contributed by atoms with Gasteiger partial charge < -0.3 is 5.73 Å². The van der Waals surface area contributed by atoms with Crippen LogP contribution in [0.25, 0.3) is 16.9 Å². The van der Waals surface area contributed by atoms with Gasteiger partial charge in [-0.2, -0.15) is 0 Å². The van der Waals surface area contributed by atoms with E-state index in [4.69, 9.17) is 18.0 Å². The van der Waals surface area contributed by atoms with Gasteiger partial charge in [-0.25, -0.2) is 9.97 Å². The summed E-state index contributed by atoms with van der Waals surface area (Å²) in [5.74, 6) is 1.48. The Morgan fingerprint density at radius 3 is 2.84 bits per heavy atom. The van der Waals surface area contributed by atoms with Crippen molar-refractivity contribution in [2.24, 2.45) is 5.73 Å². The highest BCUT2D eigenvalue weighted by atomic mass is 32.1.